The Balaban J connectivity index is 1.52. The molecule has 2 amide bonds. The van der Waals surface area contributed by atoms with Crippen LogP contribution in [0.3, 0.4) is 0 Å². The highest BCUT2D eigenvalue weighted by Gasteiger charge is 2.28. The Labute approximate surface area is 150 Å². The van der Waals surface area contributed by atoms with Gasteiger partial charge in [-0.15, -0.1) is 11.8 Å². The van der Waals surface area contributed by atoms with Crippen molar-refractivity contribution in [2.75, 3.05) is 22.5 Å². The number of amides is 2. The Morgan fingerprint density at radius 2 is 1.92 bits per heavy atom. The molecule has 0 spiro atoms. The SMILES string of the molecule is CC(SCC(=O)Nc1ccc(F)cc1)C(=O)N1CCc2ccccc21. The number of thioether (sulfide) groups is 1. The van der Waals surface area contributed by atoms with E-state index in [0.29, 0.717) is 12.2 Å². The molecule has 25 heavy (non-hydrogen) atoms. The quantitative estimate of drug-likeness (QED) is 0.890. The minimum atomic E-state index is -0.350. The maximum absolute atomic E-state index is 12.9. The fourth-order valence-electron chi connectivity index (χ4n) is 2.79. The molecule has 0 bridgehead atoms. The van der Waals surface area contributed by atoms with Crippen LogP contribution in [0.5, 0.6) is 0 Å². The molecule has 1 aliphatic rings. The van der Waals surface area contributed by atoms with Crippen molar-refractivity contribution in [3.05, 3.63) is 59.9 Å². The molecule has 0 fully saturated rings. The van der Waals surface area contributed by atoms with Gasteiger partial charge in [0.25, 0.3) is 0 Å². The Kier molecular flexibility index (Phi) is 5.38. The van der Waals surface area contributed by atoms with Gasteiger partial charge in [0.15, 0.2) is 0 Å². The first kappa shape index (κ1) is 17.5. The molecule has 0 radical (unpaired) electrons. The summed E-state index contributed by atoms with van der Waals surface area (Å²) in [7, 11) is 0. The lowest BCUT2D eigenvalue weighted by Crippen LogP contribution is -2.35. The van der Waals surface area contributed by atoms with Crippen molar-refractivity contribution in [1.82, 2.24) is 0 Å². The number of carbonyl (C=O) groups excluding carboxylic acids is 2. The van der Waals surface area contributed by atoms with E-state index in [1.807, 2.05) is 31.2 Å². The molecule has 1 N–H and O–H groups in total. The number of hydrogen-bond acceptors (Lipinski definition) is 3. The lowest BCUT2D eigenvalue weighted by Gasteiger charge is -2.21. The number of halogens is 1. The van der Waals surface area contributed by atoms with Crippen LogP contribution in [0.1, 0.15) is 12.5 Å². The van der Waals surface area contributed by atoms with E-state index in [1.165, 1.54) is 41.6 Å². The maximum Gasteiger partial charge on any atom is 0.239 e. The molecular weight excluding hydrogens is 339 g/mol. The molecule has 2 aromatic rings. The van der Waals surface area contributed by atoms with Crippen molar-refractivity contribution >= 4 is 35.0 Å². The number of nitrogens with one attached hydrogen (secondary N) is 1. The Morgan fingerprint density at radius 3 is 2.68 bits per heavy atom. The van der Waals surface area contributed by atoms with Crippen molar-refractivity contribution in [3.8, 4) is 0 Å². The number of carbonyl (C=O) groups is 2. The van der Waals surface area contributed by atoms with Gasteiger partial charge in [0, 0.05) is 17.9 Å². The van der Waals surface area contributed by atoms with Crippen LogP contribution in [0.4, 0.5) is 15.8 Å². The van der Waals surface area contributed by atoms with Crippen molar-refractivity contribution < 1.29 is 14.0 Å². The van der Waals surface area contributed by atoms with E-state index < -0.39 is 0 Å². The van der Waals surface area contributed by atoms with Crippen LogP contribution in [0.25, 0.3) is 0 Å². The minimum Gasteiger partial charge on any atom is -0.325 e. The second-order valence-corrected chi connectivity index (χ2v) is 7.21. The van der Waals surface area contributed by atoms with Crippen molar-refractivity contribution in [2.45, 2.75) is 18.6 Å². The number of fused-ring (bicyclic) bond motifs is 1. The van der Waals surface area contributed by atoms with E-state index in [-0.39, 0.29) is 28.6 Å². The van der Waals surface area contributed by atoms with Gasteiger partial charge in [0.05, 0.1) is 11.0 Å². The average Bonchev–Trinajstić information content (AvgIpc) is 3.05. The topological polar surface area (TPSA) is 49.4 Å². The molecule has 1 atom stereocenters. The Bertz CT molecular complexity index is 779. The van der Waals surface area contributed by atoms with Crippen LogP contribution in [0, 0.1) is 5.82 Å². The average molecular weight is 358 g/mol. The van der Waals surface area contributed by atoms with Gasteiger partial charge in [0.1, 0.15) is 5.82 Å². The second kappa shape index (κ2) is 7.70. The molecule has 3 rings (SSSR count). The summed E-state index contributed by atoms with van der Waals surface area (Å²) in [5.74, 6) is -0.375. The summed E-state index contributed by atoms with van der Waals surface area (Å²) < 4.78 is 12.9. The largest absolute Gasteiger partial charge is 0.325 e. The van der Waals surface area contributed by atoms with E-state index in [4.69, 9.17) is 0 Å². The van der Waals surface area contributed by atoms with Gasteiger partial charge in [-0.05, 0) is 49.2 Å². The molecule has 130 valence electrons. The lowest BCUT2D eigenvalue weighted by atomic mass is 10.2. The maximum atomic E-state index is 12.9. The predicted octanol–water partition coefficient (Wildman–Crippen LogP) is 3.48. The Morgan fingerprint density at radius 1 is 1.20 bits per heavy atom. The summed E-state index contributed by atoms with van der Waals surface area (Å²) in [6.07, 6.45) is 0.865. The summed E-state index contributed by atoms with van der Waals surface area (Å²) in [5, 5.41) is 2.38. The fourth-order valence-corrected chi connectivity index (χ4v) is 3.53. The molecular formula is C19H19FN2O2S. The molecule has 4 nitrogen and oxygen atoms in total. The minimum absolute atomic E-state index is 0.0181. The van der Waals surface area contributed by atoms with E-state index in [2.05, 4.69) is 5.32 Å². The van der Waals surface area contributed by atoms with Crippen molar-refractivity contribution in [1.29, 1.82) is 0 Å². The second-order valence-electron chi connectivity index (χ2n) is 5.88. The monoisotopic (exact) mass is 358 g/mol. The molecule has 6 heteroatoms. The first-order valence-electron chi connectivity index (χ1n) is 8.11. The summed E-state index contributed by atoms with van der Waals surface area (Å²) in [6.45, 7) is 2.50. The van der Waals surface area contributed by atoms with E-state index >= 15 is 0 Å². The van der Waals surface area contributed by atoms with E-state index in [0.717, 1.165) is 12.1 Å². The third kappa shape index (κ3) is 4.20. The third-order valence-corrected chi connectivity index (χ3v) is 5.22. The van der Waals surface area contributed by atoms with Crippen molar-refractivity contribution in [3.63, 3.8) is 0 Å². The summed E-state index contributed by atoms with van der Waals surface area (Å²) >= 11 is 1.30. The lowest BCUT2D eigenvalue weighted by molar-refractivity contribution is -0.117. The number of para-hydroxylation sites is 1. The molecule has 1 aliphatic heterocycles. The first-order chi connectivity index (χ1) is 12.0. The van der Waals surface area contributed by atoms with Gasteiger partial charge < -0.3 is 10.2 Å². The predicted molar refractivity (Wildman–Crippen MR) is 99.4 cm³/mol. The van der Waals surface area contributed by atoms with Gasteiger partial charge >= 0.3 is 0 Å². The van der Waals surface area contributed by atoms with Crippen LogP contribution in [-0.2, 0) is 16.0 Å². The molecule has 0 aromatic heterocycles. The van der Waals surface area contributed by atoms with Crippen LogP contribution >= 0.6 is 11.8 Å². The number of nitrogens with zero attached hydrogens (tertiary/aromatic N) is 1. The highest BCUT2D eigenvalue weighted by atomic mass is 32.2. The number of benzene rings is 2. The van der Waals surface area contributed by atoms with Crippen LogP contribution in [0.2, 0.25) is 0 Å². The van der Waals surface area contributed by atoms with Gasteiger partial charge in [-0.2, -0.15) is 0 Å². The van der Waals surface area contributed by atoms with E-state index in [1.54, 1.807) is 4.90 Å². The summed E-state index contributed by atoms with van der Waals surface area (Å²) in [6, 6.07) is 13.5. The normalized spacial score (nSPS) is 14.1. The standard InChI is InChI=1S/C19H19FN2O2S/c1-13(19(24)22-11-10-14-4-2-3-5-17(14)22)25-12-18(23)21-16-8-6-15(20)7-9-16/h2-9,13H,10-12H2,1H3,(H,21,23). The van der Waals surface area contributed by atoms with Crippen molar-refractivity contribution in [2.24, 2.45) is 0 Å². The number of hydrogen-bond donors (Lipinski definition) is 1. The van der Waals surface area contributed by atoms with Gasteiger partial charge in [-0.1, -0.05) is 18.2 Å². The number of rotatable bonds is 5. The first-order valence-corrected chi connectivity index (χ1v) is 9.16. The van der Waals surface area contributed by atoms with Gasteiger partial charge in [-0.25, -0.2) is 4.39 Å². The molecule has 1 unspecified atom stereocenters. The molecule has 0 aliphatic carbocycles. The van der Waals surface area contributed by atoms with Crippen LogP contribution in [-0.4, -0.2) is 29.4 Å². The molecule has 1 heterocycles. The third-order valence-electron chi connectivity index (χ3n) is 4.09. The molecule has 0 saturated carbocycles. The summed E-state index contributed by atoms with van der Waals surface area (Å²) in [5.41, 5.74) is 2.69. The summed E-state index contributed by atoms with van der Waals surface area (Å²) in [4.78, 5) is 26.4. The van der Waals surface area contributed by atoms with Gasteiger partial charge in [0.2, 0.25) is 11.8 Å². The number of anilines is 2. The van der Waals surface area contributed by atoms with Crippen LogP contribution in [0.15, 0.2) is 48.5 Å². The zero-order valence-corrected chi connectivity index (χ0v) is 14.7. The fraction of sp³-hybridized carbons (Fsp3) is 0.263. The van der Waals surface area contributed by atoms with Crippen LogP contribution < -0.4 is 10.2 Å². The highest BCUT2D eigenvalue weighted by Crippen LogP contribution is 2.29. The highest BCUT2D eigenvalue weighted by molar-refractivity contribution is 8.01. The smallest absolute Gasteiger partial charge is 0.239 e. The molecule has 0 saturated heterocycles. The zero-order valence-electron chi connectivity index (χ0n) is 13.9. The molecule has 2 aromatic carbocycles. The Hall–Kier alpha value is -2.34. The zero-order chi connectivity index (χ0) is 17.8. The van der Waals surface area contributed by atoms with E-state index in [9.17, 15) is 14.0 Å². The van der Waals surface area contributed by atoms with Gasteiger partial charge in [-0.3, -0.25) is 9.59 Å².